The summed E-state index contributed by atoms with van der Waals surface area (Å²) < 4.78 is 0. The topological polar surface area (TPSA) is 58.1 Å². The van der Waals surface area contributed by atoms with Crippen LogP contribution in [0.15, 0.2) is 18.5 Å². The van der Waals surface area contributed by atoms with Gasteiger partial charge < -0.3 is 10.2 Å². The molecule has 3 heterocycles. The number of hydrogen-bond donors (Lipinski definition) is 1. The number of amides is 1. The van der Waals surface area contributed by atoms with Gasteiger partial charge in [0, 0.05) is 47.8 Å². The van der Waals surface area contributed by atoms with E-state index < -0.39 is 0 Å². The van der Waals surface area contributed by atoms with Gasteiger partial charge in [-0.25, -0.2) is 9.97 Å². The van der Waals surface area contributed by atoms with Gasteiger partial charge in [-0.1, -0.05) is 0 Å². The molecule has 1 aliphatic heterocycles. The van der Waals surface area contributed by atoms with Crippen LogP contribution in [0.25, 0.3) is 0 Å². The van der Waals surface area contributed by atoms with Crippen molar-refractivity contribution < 1.29 is 4.79 Å². The van der Waals surface area contributed by atoms with Gasteiger partial charge >= 0.3 is 0 Å². The first-order chi connectivity index (χ1) is 10.1. The van der Waals surface area contributed by atoms with Crippen molar-refractivity contribution in [1.82, 2.24) is 9.97 Å². The van der Waals surface area contributed by atoms with Crippen molar-refractivity contribution in [2.45, 2.75) is 32.1 Å². The van der Waals surface area contributed by atoms with Gasteiger partial charge in [0.15, 0.2) is 5.13 Å². The fourth-order valence-electron chi connectivity index (χ4n) is 3.02. The van der Waals surface area contributed by atoms with E-state index >= 15 is 0 Å². The van der Waals surface area contributed by atoms with Crippen LogP contribution in [0, 0.1) is 6.92 Å². The summed E-state index contributed by atoms with van der Waals surface area (Å²) in [5.41, 5.74) is 2.70. The molecule has 0 bridgehead atoms. The number of carbonyl (C=O) groups is 1. The van der Waals surface area contributed by atoms with Crippen LogP contribution >= 0.6 is 11.3 Å². The maximum absolute atomic E-state index is 11.2. The maximum atomic E-state index is 11.2. The third kappa shape index (κ3) is 2.01. The molecule has 0 atom stereocenters. The highest BCUT2D eigenvalue weighted by Gasteiger charge is 2.52. The quantitative estimate of drug-likeness (QED) is 0.926. The zero-order chi connectivity index (χ0) is 14.6. The molecular weight excluding hydrogens is 284 g/mol. The van der Waals surface area contributed by atoms with E-state index in [0.29, 0.717) is 5.82 Å². The summed E-state index contributed by atoms with van der Waals surface area (Å²) in [5, 5.41) is 3.79. The number of aryl methyl sites for hydroxylation is 1. The number of rotatable bonds is 2. The van der Waals surface area contributed by atoms with Crippen molar-refractivity contribution in [3.05, 3.63) is 28.9 Å². The number of nitrogens with zero attached hydrogens (tertiary/aromatic N) is 3. The molecule has 1 spiro atoms. The van der Waals surface area contributed by atoms with Gasteiger partial charge in [0.1, 0.15) is 5.82 Å². The fourth-order valence-corrected chi connectivity index (χ4v) is 3.79. The van der Waals surface area contributed by atoms with Crippen molar-refractivity contribution in [3.63, 3.8) is 0 Å². The van der Waals surface area contributed by atoms with Gasteiger partial charge in [-0.2, -0.15) is 0 Å². The van der Waals surface area contributed by atoms with Crippen molar-refractivity contribution in [1.29, 1.82) is 0 Å². The van der Waals surface area contributed by atoms with Crippen LogP contribution in [-0.2, 0) is 10.2 Å². The summed E-state index contributed by atoms with van der Waals surface area (Å²) in [5.74, 6) is 0.510. The van der Waals surface area contributed by atoms with Gasteiger partial charge in [-0.05, 0) is 19.8 Å². The molecule has 2 aromatic rings. The summed E-state index contributed by atoms with van der Waals surface area (Å²) in [4.78, 5) is 23.6. The zero-order valence-electron chi connectivity index (χ0n) is 12.0. The molecule has 6 heteroatoms. The molecule has 1 amide bonds. The number of fused-ring (bicyclic) bond motifs is 2. The Morgan fingerprint density at radius 2 is 2.19 bits per heavy atom. The predicted octanol–water partition coefficient (Wildman–Crippen LogP) is 2.99. The minimum absolute atomic E-state index is 0.0989. The number of hydrogen-bond acceptors (Lipinski definition) is 5. The fraction of sp³-hybridized carbons (Fsp3) is 0.400. The summed E-state index contributed by atoms with van der Waals surface area (Å²) in [6, 6.07) is 1.97. The number of nitrogens with one attached hydrogen (secondary N) is 1. The van der Waals surface area contributed by atoms with Crippen LogP contribution in [0.4, 0.5) is 16.6 Å². The van der Waals surface area contributed by atoms with Crippen LogP contribution < -0.4 is 10.2 Å². The summed E-state index contributed by atoms with van der Waals surface area (Å²) >= 11 is 1.70. The second-order valence-corrected chi connectivity index (χ2v) is 7.10. The van der Waals surface area contributed by atoms with E-state index in [2.05, 4.69) is 27.1 Å². The van der Waals surface area contributed by atoms with Gasteiger partial charge in [-0.3, -0.25) is 4.79 Å². The number of thiazole rings is 1. The van der Waals surface area contributed by atoms with Gasteiger partial charge in [0.25, 0.3) is 0 Å². The normalized spacial score (nSPS) is 17.9. The van der Waals surface area contributed by atoms with Gasteiger partial charge in [0.2, 0.25) is 5.91 Å². The second kappa shape index (κ2) is 4.27. The first-order valence-corrected chi connectivity index (χ1v) is 7.87. The molecule has 1 saturated carbocycles. The number of aromatic nitrogens is 2. The average molecular weight is 300 g/mol. The number of pyridine rings is 1. The molecule has 21 heavy (non-hydrogen) atoms. The molecule has 0 unspecified atom stereocenters. The Morgan fingerprint density at radius 1 is 1.38 bits per heavy atom. The Hall–Kier alpha value is -1.95. The van der Waals surface area contributed by atoms with Crippen molar-refractivity contribution in [2.75, 3.05) is 16.8 Å². The molecule has 108 valence electrons. The number of anilines is 3. The van der Waals surface area contributed by atoms with Crippen LogP contribution in [0.1, 0.15) is 30.2 Å². The summed E-state index contributed by atoms with van der Waals surface area (Å²) in [7, 11) is 0. The number of carbonyl (C=O) groups excluding carboxylic acids is 1. The molecule has 1 N–H and O–H groups in total. The van der Waals surface area contributed by atoms with E-state index in [9.17, 15) is 4.79 Å². The Balaban J connectivity index is 1.78. The Bertz CT molecular complexity index is 735. The standard InChI is InChI=1S/C15H16N4OS/c1-9-6-17-14(21-9)19-8-15(3-4-15)11-7-16-13(5-12(11)19)18-10(2)20/h5-7H,3-4,8H2,1-2H3,(H,16,18,20). The Morgan fingerprint density at radius 3 is 2.81 bits per heavy atom. The first kappa shape index (κ1) is 12.8. The smallest absolute Gasteiger partial charge is 0.222 e. The largest absolute Gasteiger partial charge is 0.316 e. The molecule has 1 aliphatic carbocycles. The third-order valence-corrected chi connectivity index (χ3v) is 5.14. The van der Waals surface area contributed by atoms with E-state index in [1.54, 1.807) is 11.3 Å². The lowest BCUT2D eigenvalue weighted by Gasteiger charge is -2.16. The molecule has 0 aromatic carbocycles. The molecule has 5 nitrogen and oxygen atoms in total. The highest BCUT2D eigenvalue weighted by molar-refractivity contribution is 7.15. The monoisotopic (exact) mass is 300 g/mol. The van der Waals surface area contributed by atoms with Crippen LogP contribution in [0.2, 0.25) is 0 Å². The lowest BCUT2D eigenvalue weighted by atomic mass is 10.0. The minimum atomic E-state index is -0.0989. The van der Waals surface area contributed by atoms with E-state index in [1.807, 2.05) is 18.5 Å². The van der Waals surface area contributed by atoms with E-state index in [0.717, 1.165) is 17.4 Å². The van der Waals surface area contributed by atoms with E-state index in [1.165, 1.54) is 30.2 Å². The van der Waals surface area contributed by atoms with E-state index in [4.69, 9.17) is 0 Å². The molecule has 2 aliphatic rings. The Kier molecular flexibility index (Phi) is 2.60. The zero-order valence-corrected chi connectivity index (χ0v) is 12.8. The van der Waals surface area contributed by atoms with Crippen LogP contribution in [-0.4, -0.2) is 22.4 Å². The van der Waals surface area contributed by atoms with Crippen LogP contribution in [0.3, 0.4) is 0 Å². The molecular formula is C15H16N4OS. The van der Waals surface area contributed by atoms with Gasteiger partial charge in [-0.15, -0.1) is 11.3 Å². The average Bonchev–Trinajstić information content (AvgIpc) is 2.97. The highest BCUT2D eigenvalue weighted by Crippen LogP contribution is 2.58. The Labute approximate surface area is 127 Å². The van der Waals surface area contributed by atoms with Crippen molar-refractivity contribution in [2.24, 2.45) is 0 Å². The summed E-state index contributed by atoms with van der Waals surface area (Å²) in [6.07, 6.45) is 6.26. The molecule has 4 rings (SSSR count). The molecule has 0 saturated heterocycles. The molecule has 1 fully saturated rings. The lowest BCUT2D eigenvalue weighted by Crippen LogP contribution is -2.18. The third-order valence-electron chi connectivity index (χ3n) is 4.20. The van der Waals surface area contributed by atoms with E-state index in [-0.39, 0.29) is 11.3 Å². The lowest BCUT2D eigenvalue weighted by molar-refractivity contribution is -0.114. The highest BCUT2D eigenvalue weighted by atomic mass is 32.1. The molecule has 0 radical (unpaired) electrons. The molecule has 2 aromatic heterocycles. The minimum Gasteiger partial charge on any atom is -0.316 e. The first-order valence-electron chi connectivity index (χ1n) is 7.05. The van der Waals surface area contributed by atoms with Gasteiger partial charge in [0.05, 0.1) is 5.69 Å². The van der Waals surface area contributed by atoms with Crippen molar-refractivity contribution in [3.8, 4) is 0 Å². The van der Waals surface area contributed by atoms with Crippen LogP contribution in [0.5, 0.6) is 0 Å². The second-order valence-electron chi connectivity index (χ2n) is 5.89. The maximum Gasteiger partial charge on any atom is 0.222 e. The summed E-state index contributed by atoms with van der Waals surface area (Å²) in [6.45, 7) is 4.54. The SMILES string of the molecule is CC(=O)Nc1cc2c(cn1)C1(CC1)CN2c1ncc(C)s1. The van der Waals surface area contributed by atoms with Crippen molar-refractivity contribution >= 4 is 33.9 Å². The predicted molar refractivity (Wildman–Crippen MR) is 83.3 cm³/mol.